The molecule has 2 aromatic rings. The van der Waals surface area contributed by atoms with Gasteiger partial charge in [0.1, 0.15) is 12.6 Å². The first kappa shape index (κ1) is 26.0. The Kier molecular flexibility index (Phi) is 8.95. The Morgan fingerprint density at radius 2 is 1.66 bits per heavy atom. The zero-order chi connectivity index (χ0) is 24.1. The molecule has 2 amide bonds. The number of nitrogens with one attached hydrogen (secondary N) is 1. The predicted octanol–water partition coefficient (Wildman–Crippen LogP) is 3.62. The molecule has 0 unspecified atom stereocenters. The maximum Gasteiger partial charge on any atom is 0.244 e. The molecule has 0 fully saturated rings. The van der Waals surface area contributed by atoms with Gasteiger partial charge >= 0.3 is 0 Å². The van der Waals surface area contributed by atoms with Crippen LogP contribution in [0.25, 0.3) is 0 Å². The van der Waals surface area contributed by atoms with Crippen molar-refractivity contribution in [2.45, 2.75) is 33.4 Å². The molecule has 0 bridgehead atoms. The molecule has 0 saturated heterocycles. The summed E-state index contributed by atoms with van der Waals surface area (Å²) in [5.74, 6) is -0.931. The van der Waals surface area contributed by atoms with Crippen molar-refractivity contribution >= 4 is 50.7 Å². The van der Waals surface area contributed by atoms with Crippen molar-refractivity contribution in [1.82, 2.24) is 10.2 Å². The monoisotopic (exact) mass is 499 g/mol. The lowest BCUT2D eigenvalue weighted by atomic mass is 10.1. The standard InChI is InChI=1S/C22H27Cl2N3O4S/c1-5-25-22(29)16(3)26(13-17-18(23)10-8-11-19(17)24)21(28)14-27(32(4,30)31)20-12-7-6-9-15(20)2/h6-12,16H,5,13-14H2,1-4H3,(H,25,29)/t16-/m1/s1. The van der Waals surface area contributed by atoms with Gasteiger partial charge in [0.05, 0.1) is 11.9 Å². The molecule has 2 rings (SSSR count). The number of likely N-dealkylation sites (N-methyl/N-ethyl adjacent to an activating group) is 1. The van der Waals surface area contributed by atoms with E-state index < -0.39 is 28.5 Å². The minimum absolute atomic E-state index is 0.0545. The van der Waals surface area contributed by atoms with Crippen LogP contribution in [0.1, 0.15) is 25.0 Å². The molecule has 1 atom stereocenters. The van der Waals surface area contributed by atoms with E-state index in [1.165, 1.54) is 4.90 Å². The maximum absolute atomic E-state index is 13.4. The molecule has 0 radical (unpaired) electrons. The Balaban J connectivity index is 2.46. The number of hydrogen-bond acceptors (Lipinski definition) is 4. The van der Waals surface area contributed by atoms with Crippen LogP contribution in [0, 0.1) is 6.92 Å². The van der Waals surface area contributed by atoms with E-state index in [1.807, 2.05) is 0 Å². The summed E-state index contributed by atoms with van der Waals surface area (Å²) in [6.45, 7) is 4.96. The molecule has 0 heterocycles. The third kappa shape index (κ3) is 6.37. The smallest absolute Gasteiger partial charge is 0.244 e. The van der Waals surface area contributed by atoms with Gasteiger partial charge in [0, 0.05) is 28.7 Å². The van der Waals surface area contributed by atoms with Crippen LogP contribution in [0.5, 0.6) is 0 Å². The topological polar surface area (TPSA) is 86.8 Å². The molecule has 0 saturated carbocycles. The fourth-order valence-corrected chi connectivity index (χ4v) is 4.62. The highest BCUT2D eigenvalue weighted by atomic mass is 35.5. The molecule has 0 spiro atoms. The summed E-state index contributed by atoms with van der Waals surface area (Å²) in [6, 6.07) is 10.9. The maximum atomic E-state index is 13.4. The largest absolute Gasteiger partial charge is 0.355 e. The van der Waals surface area contributed by atoms with Crippen molar-refractivity contribution in [2.24, 2.45) is 0 Å². The van der Waals surface area contributed by atoms with Gasteiger partial charge in [-0.05, 0) is 44.5 Å². The van der Waals surface area contributed by atoms with Crippen molar-refractivity contribution in [2.75, 3.05) is 23.7 Å². The number of nitrogens with zero attached hydrogens (tertiary/aromatic N) is 2. The van der Waals surface area contributed by atoms with Gasteiger partial charge in [0.15, 0.2) is 0 Å². The zero-order valence-corrected chi connectivity index (χ0v) is 20.8. The summed E-state index contributed by atoms with van der Waals surface area (Å²) in [6.07, 6.45) is 1.04. The van der Waals surface area contributed by atoms with E-state index in [4.69, 9.17) is 23.2 Å². The number of aryl methyl sites for hydroxylation is 1. The Labute approximate surface area is 199 Å². The fourth-order valence-electron chi connectivity index (χ4n) is 3.20. The molecule has 174 valence electrons. The number of carbonyl (C=O) groups excluding carboxylic acids is 2. The highest BCUT2D eigenvalue weighted by Crippen LogP contribution is 2.27. The molecular weight excluding hydrogens is 473 g/mol. The summed E-state index contributed by atoms with van der Waals surface area (Å²) in [4.78, 5) is 27.3. The minimum atomic E-state index is -3.78. The molecule has 2 aromatic carbocycles. The lowest BCUT2D eigenvalue weighted by Gasteiger charge is -2.32. The number of carbonyl (C=O) groups is 2. The molecule has 0 aliphatic heterocycles. The van der Waals surface area contributed by atoms with Crippen molar-refractivity contribution in [3.63, 3.8) is 0 Å². The van der Waals surface area contributed by atoms with Crippen LogP contribution < -0.4 is 9.62 Å². The van der Waals surface area contributed by atoms with Crippen LogP contribution in [0.3, 0.4) is 0 Å². The van der Waals surface area contributed by atoms with Crippen LogP contribution >= 0.6 is 23.2 Å². The third-order valence-corrected chi connectivity index (χ3v) is 6.81. The molecule has 1 N–H and O–H groups in total. The predicted molar refractivity (Wildman–Crippen MR) is 129 cm³/mol. The van der Waals surface area contributed by atoms with Crippen molar-refractivity contribution < 1.29 is 18.0 Å². The average Bonchev–Trinajstić information content (AvgIpc) is 2.71. The minimum Gasteiger partial charge on any atom is -0.355 e. The van der Waals surface area contributed by atoms with Gasteiger partial charge in [-0.25, -0.2) is 8.42 Å². The van der Waals surface area contributed by atoms with E-state index in [1.54, 1.807) is 63.2 Å². The first-order chi connectivity index (χ1) is 15.0. The number of hydrogen-bond donors (Lipinski definition) is 1. The molecule has 0 aliphatic carbocycles. The number of halogens is 2. The van der Waals surface area contributed by atoms with Crippen LogP contribution in [0.4, 0.5) is 5.69 Å². The van der Waals surface area contributed by atoms with Crippen LogP contribution in [0.2, 0.25) is 10.0 Å². The van der Waals surface area contributed by atoms with Gasteiger partial charge in [0.25, 0.3) is 0 Å². The third-order valence-electron chi connectivity index (χ3n) is 4.97. The molecular formula is C22H27Cl2N3O4S. The summed E-state index contributed by atoms with van der Waals surface area (Å²) in [7, 11) is -3.78. The normalized spacial score (nSPS) is 12.2. The van der Waals surface area contributed by atoms with E-state index in [0.717, 1.165) is 10.6 Å². The van der Waals surface area contributed by atoms with Gasteiger partial charge in [-0.15, -0.1) is 0 Å². The van der Waals surface area contributed by atoms with Crippen molar-refractivity contribution in [1.29, 1.82) is 0 Å². The summed E-state index contributed by atoms with van der Waals surface area (Å²) < 4.78 is 26.1. The lowest BCUT2D eigenvalue weighted by Crippen LogP contribution is -2.51. The lowest BCUT2D eigenvalue weighted by molar-refractivity contribution is -0.139. The van der Waals surface area contributed by atoms with Crippen LogP contribution in [0.15, 0.2) is 42.5 Å². The second-order valence-electron chi connectivity index (χ2n) is 7.35. The number of amides is 2. The second kappa shape index (κ2) is 11.0. The molecule has 32 heavy (non-hydrogen) atoms. The second-order valence-corrected chi connectivity index (χ2v) is 10.1. The van der Waals surface area contributed by atoms with Gasteiger partial charge in [-0.1, -0.05) is 47.5 Å². The first-order valence-electron chi connectivity index (χ1n) is 10.0. The Hall–Kier alpha value is -2.29. The van der Waals surface area contributed by atoms with Crippen molar-refractivity contribution in [3.05, 3.63) is 63.6 Å². The van der Waals surface area contributed by atoms with E-state index in [9.17, 15) is 18.0 Å². The summed E-state index contributed by atoms with van der Waals surface area (Å²) in [5, 5.41) is 3.38. The highest BCUT2D eigenvalue weighted by molar-refractivity contribution is 7.92. The van der Waals surface area contributed by atoms with E-state index in [2.05, 4.69) is 5.32 Å². The van der Waals surface area contributed by atoms with Gasteiger partial charge in [-0.2, -0.15) is 0 Å². The number of para-hydroxylation sites is 1. The molecule has 0 aliphatic rings. The number of benzene rings is 2. The zero-order valence-electron chi connectivity index (χ0n) is 18.4. The quantitative estimate of drug-likeness (QED) is 0.570. The number of anilines is 1. The van der Waals surface area contributed by atoms with Gasteiger partial charge in [-0.3, -0.25) is 13.9 Å². The molecule has 10 heteroatoms. The van der Waals surface area contributed by atoms with E-state index >= 15 is 0 Å². The van der Waals surface area contributed by atoms with Crippen LogP contribution in [-0.2, 0) is 26.2 Å². The summed E-state index contributed by atoms with van der Waals surface area (Å²) in [5.41, 5.74) is 1.56. The Morgan fingerprint density at radius 3 is 2.19 bits per heavy atom. The van der Waals surface area contributed by atoms with Crippen LogP contribution in [-0.4, -0.2) is 50.5 Å². The first-order valence-corrected chi connectivity index (χ1v) is 12.6. The number of rotatable bonds is 9. The average molecular weight is 500 g/mol. The SMILES string of the molecule is CCNC(=O)[C@@H](C)N(Cc1c(Cl)cccc1Cl)C(=O)CN(c1ccccc1C)S(C)(=O)=O. The van der Waals surface area contributed by atoms with Crippen molar-refractivity contribution in [3.8, 4) is 0 Å². The molecule has 7 nitrogen and oxygen atoms in total. The van der Waals surface area contributed by atoms with Gasteiger partial charge in [0.2, 0.25) is 21.8 Å². The summed E-state index contributed by atoms with van der Waals surface area (Å²) >= 11 is 12.6. The molecule has 0 aromatic heterocycles. The highest BCUT2D eigenvalue weighted by Gasteiger charge is 2.31. The Bertz CT molecular complexity index is 1070. The van der Waals surface area contributed by atoms with Gasteiger partial charge < -0.3 is 10.2 Å². The fraction of sp³-hybridized carbons (Fsp3) is 0.364. The number of sulfonamides is 1. The van der Waals surface area contributed by atoms with E-state index in [-0.39, 0.29) is 12.5 Å². The van der Waals surface area contributed by atoms with E-state index in [0.29, 0.717) is 33.4 Å². The Morgan fingerprint density at radius 1 is 1.06 bits per heavy atom.